The number of aryl methyl sites for hydroxylation is 2. The largest absolute Gasteiger partial charge is 0.271 e. The molecule has 0 amide bonds. The van der Waals surface area contributed by atoms with Gasteiger partial charge in [-0.1, -0.05) is 45.3 Å². The van der Waals surface area contributed by atoms with Crippen molar-refractivity contribution in [1.29, 1.82) is 0 Å². The number of hydrogen-bond donors (Lipinski definition) is 2. The molecule has 0 heterocycles. The number of nitrogens with one attached hydrogen (secondary N) is 1. The Morgan fingerprint density at radius 1 is 1.10 bits per heavy atom. The average molecular weight is 351 g/mol. The van der Waals surface area contributed by atoms with E-state index >= 15 is 0 Å². The molecule has 2 aromatic carbocycles. The van der Waals surface area contributed by atoms with Gasteiger partial charge in [0.25, 0.3) is 0 Å². The van der Waals surface area contributed by atoms with Crippen LogP contribution in [0.25, 0.3) is 0 Å². The second kappa shape index (κ2) is 7.16. The molecule has 0 fully saturated rings. The first-order chi connectivity index (χ1) is 9.97. The Hall–Kier alpha value is -1.23. The summed E-state index contributed by atoms with van der Waals surface area (Å²) >= 11 is 3.38. The van der Waals surface area contributed by atoms with Crippen LogP contribution in [0.4, 0.5) is 4.39 Å². The van der Waals surface area contributed by atoms with Gasteiger partial charge in [-0.25, -0.2) is 4.39 Å². The minimum atomic E-state index is -0.195. The summed E-state index contributed by atoms with van der Waals surface area (Å²) < 4.78 is 14.7. The maximum Gasteiger partial charge on any atom is 0.126 e. The van der Waals surface area contributed by atoms with Crippen molar-refractivity contribution in [2.75, 3.05) is 0 Å². The number of halogens is 2. The molecule has 0 saturated heterocycles. The lowest BCUT2D eigenvalue weighted by molar-refractivity contribution is 0.506. The molecule has 0 aliphatic heterocycles. The lowest BCUT2D eigenvalue weighted by atomic mass is 9.97. The zero-order chi connectivity index (χ0) is 15.4. The highest BCUT2D eigenvalue weighted by Crippen LogP contribution is 2.18. The Morgan fingerprint density at radius 3 is 2.38 bits per heavy atom. The standard InChI is InChI=1S/C17H20BrFN2/c1-11-5-12(2)7-13(6-11)8-16(21-20)10-14-9-15(18)3-4-17(14)19/h3-7,9,16,21H,8,10,20H2,1-2H3. The van der Waals surface area contributed by atoms with E-state index in [-0.39, 0.29) is 11.9 Å². The minimum absolute atomic E-state index is 0.00463. The van der Waals surface area contributed by atoms with Gasteiger partial charge in [-0.3, -0.25) is 11.3 Å². The number of nitrogens with two attached hydrogens (primary N) is 1. The number of hydrazine groups is 1. The zero-order valence-corrected chi connectivity index (χ0v) is 13.9. The SMILES string of the molecule is Cc1cc(C)cc(CC(Cc2cc(Br)ccc2F)NN)c1. The van der Waals surface area contributed by atoms with Crippen molar-refractivity contribution >= 4 is 15.9 Å². The van der Waals surface area contributed by atoms with E-state index in [0.717, 1.165) is 10.9 Å². The van der Waals surface area contributed by atoms with Crippen LogP contribution >= 0.6 is 15.9 Å². The molecule has 2 aromatic rings. The molecule has 2 rings (SSSR count). The summed E-state index contributed by atoms with van der Waals surface area (Å²) in [6.07, 6.45) is 1.32. The predicted molar refractivity (Wildman–Crippen MR) is 88.5 cm³/mol. The summed E-state index contributed by atoms with van der Waals surface area (Å²) in [5.41, 5.74) is 7.14. The van der Waals surface area contributed by atoms with Gasteiger partial charge in [-0.15, -0.1) is 0 Å². The van der Waals surface area contributed by atoms with E-state index in [1.807, 2.05) is 0 Å². The van der Waals surface area contributed by atoms with Crippen LogP contribution in [-0.2, 0) is 12.8 Å². The fourth-order valence-electron chi connectivity index (χ4n) is 2.63. The number of hydrogen-bond acceptors (Lipinski definition) is 2. The van der Waals surface area contributed by atoms with Gasteiger partial charge in [-0.2, -0.15) is 0 Å². The number of benzene rings is 2. The lowest BCUT2D eigenvalue weighted by Crippen LogP contribution is -2.38. The molecule has 0 aromatic heterocycles. The summed E-state index contributed by atoms with van der Waals surface area (Å²) in [5, 5.41) is 0. The molecule has 1 unspecified atom stereocenters. The monoisotopic (exact) mass is 350 g/mol. The van der Waals surface area contributed by atoms with Gasteiger partial charge in [-0.05, 0) is 56.0 Å². The molecule has 112 valence electrons. The third kappa shape index (κ3) is 4.63. The van der Waals surface area contributed by atoms with Crippen molar-refractivity contribution in [3.8, 4) is 0 Å². The number of rotatable bonds is 5. The van der Waals surface area contributed by atoms with Crippen molar-refractivity contribution < 1.29 is 4.39 Å². The molecule has 4 heteroatoms. The zero-order valence-electron chi connectivity index (χ0n) is 12.3. The second-order valence-electron chi connectivity index (χ2n) is 5.50. The third-order valence-electron chi connectivity index (χ3n) is 3.47. The molecule has 1 atom stereocenters. The molecule has 3 N–H and O–H groups in total. The van der Waals surface area contributed by atoms with Crippen LogP contribution in [0.3, 0.4) is 0 Å². The molecule has 0 radical (unpaired) electrons. The quantitative estimate of drug-likeness (QED) is 0.635. The maximum atomic E-state index is 13.8. The summed E-state index contributed by atoms with van der Waals surface area (Å²) in [7, 11) is 0. The van der Waals surface area contributed by atoms with Crippen LogP contribution in [-0.4, -0.2) is 6.04 Å². The summed E-state index contributed by atoms with van der Waals surface area (Å²) in [6.45, 7) is 4.16. The van der Waals surface area contributed by atoms with Crippen molar-refractivity contribution in [2.45, 2.75) is 32.7 Å². The second-order valence-corrected chi connectivity index (χ2v) is 6.42. The summed E-state index contributed by atoms with van der Waals surface area (Å²) in [6, 6.07) is 11.4. The van der Waals surface area contributed by atoms with E-state index in [0.29, 0.717) is 12.0 Å². The Bertz CT molecular complexity index is 608. The lowest BCUT2D eigenvalue weighted by Gasteiger charge is -2.17. The third-order valence-corrected chi connectivity index (χ3v) is 3.97. The molecule has 0 saturated carbocycles. The molecular formula is C17H20BrFN2. The normalized spacial score (nSPS) is 12.4. The Kier molecular flexibility index (Phi) is 5.51. The van der Waals surface area contributed by atoms with E-state index < -0.39 is 0 Å². The van der Waals surface area contributed by atoms with E-state index in [2.05, 4.69) is 53.4 Å². The molecule has 0 aliphatic carbocycles. The molecule has 2 nitrogen and oxygen atoms in total. The van der Waals surface area contributed by atoms with Gasteiger partial charge >= 0.3 is 0 Å². The van der Waals surface area contributed by atoms with E-state index in [1.54, 1.807) is 12.1 Å². The van der Waals surface area contributed by atoms with Crippen LogP contribution in [0.5, 0.6) is 0 Å². The van der Waals surface area contributed by atoms with Crippen molar-refractivity contribution in [3.63, 3.8) is 0 Å². The highest BCUT2D eigenvalue weighted by atomic mass is 79.9. The first-order valence-corrected chi connectivity index (χ1v) is 7.74. The maximum absolute atomic E-state index is 13.8. The van der Waals surface area contributed by atoms with Crippen LogP contribution in [0, 0.1) is 19.7 Å². The van der Waals surface area contributed by atoms with Crippen LogP contribution < -0.4 is 11.3 Å². The van der Waals surface area contributed by atoms with Crippen LogP contribution in [0.2, 0.25) is 0 Å². The minimum Gasteiger partial charge on any atom is -0.271 e. The van der Waals surface area contributed by atoms with Crippen molar-refractivity contribution in [3.05, 3.63) is 68.9 Å². The smallest absolute Gasteiger partial charge is 0.126 e. The van der Waals surface area contributed by atoms with Gasteiger partial charge < -0.3 is 0 Å². The first kappa shape index (κ1) is 16.1. The van der Waals surface area contributed by atoms with Gasteiger partial charge in [0.2, 0.25) is 0 Å². The molecule has 0 bridgehead atoms. The van der Waals surface area contributed by atoms with Crippen LogP contribution in [0.15, 0.2) is 40.9 Å². The fourth-order valence-corrected chi connectivity index (χ4v) is 3.04. The summed E-state index contributed by atoms with van der Waals surface area (Å²) in [4.78, 5) is 0. The van der Waals surface area contributed by atoms with Gasteiger partial charge in [0.05, 0.1) is 0 Å². The van der Waals surface area contributed by atoms with Crippen molar-refractivity contribution in [2.24, 2.45) is 5.84 Å². The summed E-state index contributed by atoms with van der Waals surface area (Å²) in [5.74, 6) is 5.45. The molecule has 21 heavy (non-hydrogen) atoms. The van der Waals surface area contributed by atoms with Crippen molar-refractivity contribution in [1.82, 2.24) is 5.43 Å². The Morgan fingerprint density at radius 2 is 1.76 bits per heavy atom. The van der Waals surface area contributed by atoms with Crippen LogP contribution in [0.1, 0.15) is 22.3 Å². The van der Waals surface area contributed by atoms with Gasteiger partial charge in [0.15, 0.2) is 0 Å². The Labute approximate surface area is 133 Å². The first-order valence-electron chi connectivity index (χ1n) is 6.95. The van der Waals surface area contributed by atoms with Gasteiger partial charge in [0.1, 0.15) is 5.82 Å². The fraction of sp³-hybridized carbons (Fsp3) is 0.294. The molecule has 0 aliphatic rings. The topological polar surface area (TPSA) is 38.0 Å². The van der Waals surface area contributed by atoms with E-state index in [1.165, 1.54) is 22.8 Å². The Balaban J connectivity index is 2.14. The van der Waals surface area contributed by atoms with E-state index in [4.69, 9.17) is 5.84 Å². The highest BCUT2D eigenvalue weighted by molar-refractivity contribution is 9.10. The van der Waals surface area contributed by atoms with E-state index in [9.17, 15) is 4.39 Å². The van der Waals surface area contributed by atoms with Gasteiger partial charge in [0, 0.05) is 10.5 Å². The molecule has 0 spiro atoms. The predicted octanol–water partition coefficient (Wildman–Crippen LogP) is 3.82. The average Bonchev–Trinajstić information content (AvgIpc) is 2.41. The highest BCUT2D eigenvalue weighted by Gasteiger charge is 2.13. The molecular weight excluding hydrogens is 331 g/mol.